The minimum absolute atomic E-state index is 0.0368. The lowest BCUT2D eigenvalue weighted by Crippen LogP contribution is -2.63. The van der Waals surface area contributed by atoms with E-state index in [0.717, 1.165) is 33.4 Å². The number of hydrogen-bond donors (Lipinski definition) is 1. The van der Waals surface area contributed by atoms with Crippen LogP contribution < -0.4 is 0 Å². The molecule has 11 nitrogen and oxygen atoms in total. The van der Waals surface area contributed by atoms with Crippen molar-refractivity contribution in [3.8, 4) is 0 Å². The second kappa shape index (κ2) is 25.1. The van der Waals surface area contributed by atoms with Gasteiger partial charge in [0.05, 0.1) is 52.9 Å². The summed E-state index contributed by atoms with van der Waals surface area (Å²) in [6.45, 7) is 1.65. The van der Waals surface area contributed by atoms with Crippen molar-refractivity contribution < 1.29 is 52.5 Å². The highest BCUT2D eigenvalue weighted by Gasteiger charge is 2.51. The van der Waals surface area contributed by atoms with E-state index in [4.69, 9.17) is 47.4 Å². The second-order valence-corrected chi connectivity index (χ2v) is 16.5. The van der Waals surface area contributed by atoms with Crippen molar-refractivity contribution in [1.82, 2.24) is 0 Å². The zero-order valence-electron chi connectivity index (χ0n) is 37.3. The highest BCUT2D eigenvalue weighted by Crippen LogP contribution is 2.34. The summed E-state index contributed by atoms with van der Waals surface area (Å²) in [6.07, 6.45) is -8.46. The molecule has 1 unspecified atom stereocenters. The summed E-state index contributed by atoms with van der Waals surface area (Å²) in [5, 5.41) is 12.1. The second-order valence-electron chi connectivity index (χ2n) is 16.5. The summed E-state index contributed by atoms with van der Waals surface area (Å²) >= 11 is 0. The molecule has 6 aromatic rings. The third kappa shape index (κ3) is 13.5. The first-order valence-corrected chi connectivity index (χ1v) is 22.6. The zero-order chi connectivity index (χ0) is 45.2. The van der Waals surface area contributed by atoms with Crippen LogP contribution in [-0.4, -0.2) is 86.8 Å². The molecule has 2 heterocycles. The van der Waals surface area contributed by atoms with Gasteiger partial charge in [-0.2, -0.15) is 0 Å². The fraction of sp³-hybridized carbons (Fsp3) is 0.345. The number of hydrogen-bond acceptors (Lipinski definition) is 11. The van der Waals surface area contributed by atoms with E-state index >= 15 is 0 Å². The van der Waals surface area contributed by atoms with Gasteiger partial charge in [0.2, 0.25) is 0 Å². The van der Waals surface area contributed by atoms with Gasteiger partial charge in [-0.25, -0.2) is 0 Å². The average Bonchev–Trinajstić information content (AvgIpc) is 3.38. The van der Waals surface area contributed by atoms with E-state index < -0.39 is 61.4 Å². The number of methoxy groups -OCH3 is 1. The summed E-state index contributed by atoms with van der Waals surface area (Å²) in [7, 11) is 1.59. The van der Waals surface area contributed by atoms with Crippen LogP contribution in [0.2, 0.25) is 0 Å². The molecule has 8 rings (SSSR count). The van der Waals surface area contributed by atoms with E-state index in [-0.39, 0.29) is 39.6 Å². The first-order valence-electron chi connectivity index (χ1n) is 22.6. The Hall–Kier alpha value is -5.12. The quantitative estimate of drug-likeness (QED) is 0.0668. The molecule has 1 N–H and O–H groups in total. The van der Waals surface area contributed by atoms with Crippen LogP contribution in [0, 0.1) is 0 Å². The van der Waals surface area contributed by atoms with E-state index in [2.05, 4.69) is 0 Å². The lowest BCUT2D eigenvalue weighted by Gasteiger charge is -2.47. The maximum Gasteiger partial charge on any atom is 0.187 e. The lowest BCUT2D eigenvalue weighted by atomic mass is 9.97. The molecule has 0 spiro atoms. The topological polar surface area (TPSA) is 113 Å². The average molecular weight is 897 g/mol. The number of rotatable bonds is 23. The molecule has 66 heavy (non-hydrogen) atoms. The molecule has 2 fully saturated rings. The van der Waals surface area contributed by atoms with E-state index in [1.807, 2.05) is 182 Å². The van der Waals surface area contributed by atoms with Crippen molar-refractivity contribution in [1.29, 1.82) is 0 Å². The summed E-state index contributed by atoms with van der Waals surface area (Å²) in [5.41, 5.74) is 5.84. The number of ether oxygens (including phenoxy) is 10. The van der Waals surface area contributed by atoms with Crippen LogP contribution in [0.1, 0.15) is 33.4 Å². The maximum atomic E-state index is 12.1. The summed E-state index contributed by atoms with van der Waals surface area (Å²) in [4.78, 5) is 0. The van der Waals surface area contributed by atoms with Gasteiger partial charge >= 0.3 is 0 Å². The number of aliphatic hydroxyl groups is 1. The fourth-order valence-electron chi connectivity index (χ4n) is 8.19. The maximum absolute atomic E-state index is 12.1. The van der Waals surface area contributed by atoms with Gasteiger partial charge in [0.1, 0.15) is 48.8 Å². The monoisotopic (exact) mass is 896 g/mol. The molecule has 346 valence electrons. The van der Waals surface area contributed by atoms with Crippen LogP contribution in [0.15, 0.2) is 182 Å². The molecule has 0 saturated carbocycles. The predicted octanol–water partition coefficient (Wildman–Crippen LogP) is 8.60. The predicted molar refractivity (Wildman–Crippen MR) is 247 cm³/mol. The largest absolute Gasteiger partial charge is 0.387 e. The standard InChI is InChI=1S/C55H60O11/c1-57-54-53(63-37-45-30-18-7-19-31-45)51(61-35-43-26-14-5-15-27-43)49(59-33-41-22-10-3-11-23-41)47(66-54)39-64-55-52(62-36-44-28-16-6-17-29-44)50(60-34-42-24-12-4-13-25-42)48(56)46(65-55)38-58-32-40-20-8-2-9-21-40/h2-31,46-56H,32-39H2,1H3/t46-,47-,48+,49-,50+,51+,52-,53-,54?,55+/m1/s1. The van der Waals surface area contributed by atoms with E-state index in [1.54, 1.807) is 7.11 Å². The Morgan fingerprint density at radius 1 is 0.348 bits per heavy atom. The van der Waals surface area contributed by atoms with E-state index in [1.165, 1.54) is 0 Å². The van der Waals surface area contributed by atoms with Gasteiger partial charge in [0.15, 0.2) is 12.6 Å². The minimum Gasteiger partial charge on any atom is -0.387 e. The molecule has 11 heteroatoms. The first kappa shape index (κ1) is 47.4. The summed E-state index contributed by atoms with van der Waals surface area (Å²) in [6, 6.07) is 59.4. The first-order chi connectivity index (χ1) is 32.6. The molecular formula is C55H60O11. The molecular weight excluding hydrogens is 837 g/mol. The van der Waals surface area contributed by atoms with Crippen LogP contribution in [0.3, 0.4) is 0 Å². The Bertz CT molecular complexity index is 2220. The highest BCUT2D eigenvalue weighted by atomic mass is 16.7. The fourth-order valence-corrected chi connectivity index (χ4v) is 8.19. The van der Waals surface area contributed by atoms with Gasteiger partial charge in [-0.1, -0.05) is 182 Å². The van der Waals surface area contributed by atoms with Crippen molar-refractivity contribution in [3.63, 3.8) is 0 Å². The molecule has 0 aromatic heterocycles. The van der Waals surface area contributed by atoms with Gasteiger partial charge in [-0.15, -0.1) is 0 Å². The van der Waals surface area contributed by atoms with Crippen molar-refractivity contribution in [3.05, 3.63) is 215 Å². The SMILES string of the molecule is COC1O[C@H](CO[C@H]2O[C@H](COCc3ccccc3)[C@H](O)[C@H](OCc3ccccc3)[C@H]2OCc2ccccc2)[C@@H](OCc2ccccc2)[C@H](OCc2ccccc2)[C@H]1OCc1ccccc1. The molecule has 2 saturated heterocycles. The molecule has 0 radical (unpaired) electrons. The summed E-state index contributed by atoms with van der Waals surface area (Å²) < 4.78 is 66.2. The molecule has 2 aliphatic rings. The van der Waals surface area contributed by atoms with Gasteiger partial charge in [-0.05, 0) is 33.4 Å². The van der Waals surface area contributed by atoms with Crippen LogP contribution in [0.4, 0.5) is 0 Å². The van der Waals surface area contributed by atoms with E-state index in [9.17, 15) is 5.11 Å². The van der Waals surface area contributed by atoms with Crippen LogP contribution in [0.25, 0.3) is 0 Å². The molecule has 0 amide bonds. The Morgan fingerprint density at radius 3 is 1.09 bits per heavy atom. The third-order valence-electron chi connectivity index (χ3n) is 11.7. The normalized spacial score (nSPS) is 25.4. The van der Waals surface area contributed by atoms with Crippen molar-refractivity contribution >= 4 is 0 Å². The Labute approximate surface area is 388 Å². The smallest absolute Gasteiger partial charge is 0.187 e. The van der Waals surface area contributed by atoms with Crippen LogP contribution >= 0.6 is 0 Å². The third-order valence-corrected chi connectivity index (χ3v) is 11.7. The van der Waals surface area contributed by atoms with Crippen molar-refractivity contribution in [2.24, 2.45) is 0 Å². The molecule has 2 aliphatic heterocycles. The van der Waals surface area contributed by atoms with Crippen LogP contribution in [-0.2, 0) is 87.0 Å². The Kier molecular flexibility index (Phi) is 18.0. The molecule has 10 atom stereocenters. The van der Waals surface area contributed by atoms with E-state index in [0.29, 0.717) is 13.2 Å². The zero-order valence-corrected chi connectivity index (χ0v) is 37.3. The lowest BCUT2D eigenvalue weighted by molar-refractivity contribution is -0.348. The minimum atomic E-state index is -1.13. The van der Waals surface area contributed by atoms with Crippen molar-refractivity contribution in [2.45, 2.75) is 101 Å². The number of aliphatic hydroxyl groups excluding tert-OH is 1. The molecule has 0 aliphatic carbocycles. The van der Waals surface area contributed by atoms with Gasteiger partial charge in [0.25, 0.3) is 0 Å². The van der Waals surface area contributed by atoms with Crippen molar-refractivity contribution in [2.75, 3.05) is 20.3 Å². The molecule has 0 bridgehead atoms. The van der Waals surface area contributed by atoms with Gasteiger partial charge < -0.3 is 52.5 Å². The van der Waals surface area contributed by atoms with Gasteiger partial charge in [-0.3, -0.25) is 0 Å². The van der Waals surface area contributed by atoms with Crippen LogP contribution in [0.5, 0.6) is 0 Å². The Balaban J connectivity index is 1.09. The van der Waals surface area contributed by atoms with Gasteiger partial charge in [0, 0.05) is 7.11 Å². The highest BCUT2D eigenvalue weighted by molar-refractivity contribution is 5.18. The summed E-state index contributed by atoms with van der Waals surface area (Å²) in [5.74, 6) is 0. The Morgan fingerprint density at radius 2 is 0.682 bits per heavy atom. The molecule has 6 aromatic carbocycles. The number of benzene rings is 6.